The van der Waals surface area contributed by atoms with E-state index < -0.39 is 20.1 Å². The Kier molecular flexibility index (Phi) is 8.96. The molecule has 0 aliphatic carbocycles. The first-order valence-electron chi connectivity index (χ1n) is 11.6. The van der Waals surface area contributed by atoms with Crippen LogP contribution in [0.3, 0.4) is 0 Å². The molecule has 1 saturated heterocycles. The minimum Gasteiger partial charge on any atom is -0.756 e. The Morgan fingerprint density at radius 2 is 1.78 bits per heavy atom. The van der Waals surface area contributed by atoms with Gasteiger partial charge in [0.25, 0.3) is 13.4 Å². The number of phosphoric acid groups is 1. The zero-order chi connectivity index (χ0) is 25.7. The summed E-state index contributed by atoms with van der Waals surface area (Å²) in [5.41, 5.74) is 0.972. The van der Waals surface area contributed by atoms with Gasteiger partial charge in [0.05, 0.1) is 27.9 Å². The van der Waals surface area contributed by atoms with Gasteiger partial charge in [0.2, 0.25) is 0 Å². The molecule has 194 valence electrons. The summed E-state index contributed by atoms with van der Waals surface area (Å²) in [7, 11) is -4.96. The maximum atomic E-state index is 12.2. The molecule has 2 aromatic carbocycles. The largest absolute Gasteiger partial charge is 0.756 e. The number of aromatic nitrogens is 1. The van der Waals surface area contributed by atoms with Gasteiger partial charge in [0.15, 0.2) is 0 Å². The summed E-state index contributed by atoms with van der Waals surface area (Å²) in [4.78, 5) is 36.7. The molecule has 1 aliphatic rings. The second-order valence-corrected chi connectivity index (χ2v) is 10.5. The van der Waals surface area contributed by atoms with Crippen molar-refractivity contribution in [2.24, 2.45) is 0 Å². The number of fused-ring (bicyclic) bond motifs is 1. The van der Waals surface area contributed by atoms with E-state index in [9.17, 15) is 14.3 Å². The van der Waals surface area contributed by atoms with E-state index in [2.05, 4.69) is 14.3 Å². The minimum absolute atomic E-state index is 0.450. The van der Waals surface area contributed by atoms with Crippen molar-refractivity contribution in [2.45, 2.75) is 19.6 Å². The molecule has 1 atom stereocenters. The summed E-state index contributed by atoms with van der Waals surface area (Å²) < 4.78 is 22.4. The average Bonchev–Trinajstić information content (AvgIpc) is 2.85. The minimum atomic E-state index is -4.96. The molecule has 4 rings (SSSR count). The lowest BCUT2D eigenvalue weighted by Gasteiger charge is -2.36. The Balaban J connectivity index is 1.24. The maximum Gasteiger partial charge on any atom is 0.266 e. The van der Waals surface area contributed by atoms with Crippen LogP contribution in [0, 0.1) is 0 Å². The molecule has 1 unspecified atom stereocenters. The fourth-order valence-electron chi connectivity index (χ4n) is 4.20. The molecule has 1 N–H and O–H groups in total. The van der Waals surface area contributed by atoms with E-state index in [4.69, 9.17) is 32.8 Å². The molecule has 0 bridgehead atoms. The SMILES string of the molecule is O=c1ccc2ccc(OCCCCN3CCN(c4cccc(Cl)c4Cl)CC3)cc2n1COP(=O)([O-])O. The first kappa shape index (κ1) is 26.9. The quantitative estimate of drug-likeness (QED) is 0.298. The van der Waals surface area contributed by atoms with Crippen molar-refractivity contribution in [3.63, 3.8) is 0 Å². The molecule has 0 amide bonds. The molecule has 0 saturated carbocycles. The van der Waals surface area contributed by atoms with Gasteiger partial charge in [-0.2, -0.15) is 0 Å². The fourth-order valence-corrected chi connectivity index (χ4v) is 4.87. The third-order valence-corrected chi connectivity index (χ3v) is 7.35. The Morgan fingerprint density at radius 1 is 1.03 bits per heavy atom. The predicted octanol–water partition coefficient (Wildman–Crippen LogP) is 3.72. The Hall–Kier alpha value is -2.10. The van der Waals surface area contributed by atoms with Crippen LogP contribution in [0.4, 0.5) is 5.69 Å². The molecule has 36 heavy (non-hydrogen) atoms. The number of piperazine rings is 1. The number of unbranched alkanes of at least 4 members (excludes halogenated alkanes) is 1. The van der Waals surface area contributed by atoms with Crippen LogP contribution >= 0.6 is 31.0 Å². The van der Waals surface area contributed by atoms with Crippen LogP contribution in [-0.4, -0.2) is 53.7 Å². The number of anilines is 1. The van der Waals surface area contributed by atoms with Gasteiger partial charge >= 0.3 is 0 Å². The van der Waals surface area contributed by atoms with Gasteiger partial charge in [0.1, 0.15) is 12.5 Å². The fraction of sp³-hybridized carbons (Fsp3) is 0.375. The van der Waals surface area contributed by atoms with Gasteiger partial charge in [-0.05, 0) is 55.1 Å². The summed E-state index contributed by atoms with van der Waals surface area (Å²) >= 11 is 12.5. The number of benzene rings is 2. The second kappa shape index (κ2) is 12.0. The average molecular weight is 555 g/mol. The lowest BCUT2D eigenvalue weighted by Crippen LogP contribution is -2.46. The summed E-state index contributed by atoms with van der Waals surface area (Å²) in [6.45, 7) is 4.51. The summed E-state index contributed by atoms with van der Waals surface area (Å²) in [5.74, 6) is 0.558. The number of halogens is 2. The van der Waals surface area contributed by atoms with Gasteiger partial charge in [-0.3, -0.25) is 23.4 Å². The van der Waals surface area contributed by atoms with Crippen LogP contribution < -0.4 is 20.1 Å². The molecule has 2 heterocycles. The van der Waals surface area contributed by atoms with Crippen LogP contribution in [0.15, 0.2) is 53.3 Å². The molecule has 9 nitrogen and oxygen atoms in total. The lowest BCUT2D eigenvalue weighted by molar-refractivity contribution is -0.222. The van der Waals surface area contributed by atoms with E-state index in [-0.39, 0.29) is 0 Å². The molecule has 3 aromatic rings. The number of pyridine rings is 1. The molecule has 1 aromatic heterocycles. The smallest absolute Gasteiger partial charge is 0.266 e. The highest BCUT2D eigenvalue weighted by Crippen LogP contribution is 2.33. The summed E-state index contributed by atoms with van der Waals surface area (Å²) in [6, 6.07) is 13.9. The third kappa shape index (κ3) is 7.01. The number of nitrogens with zero attached hydrogens (tertiary/aromatic N) is 3. The normalized spacial score (nSPS) is 16.3. The second-order valence-electron chi connectivity index (χ2n) is 8.50. The molecule has 12 heteroatoms. The van der Waals surface area contributed by atoms with Crippen molar-refractivity contribution in [1.29, 1.82) is 0 Å². The van der Waals surface area contributed by atoms with Gasteiger partial charge in [-0.1, -0.05) is 29.3 Å². The highest BCUT2D eigenvalue weighted by Gasteiger charge is 2.19. The van der Waals surface area contributed by atoms with Gasteiger partial charge in [0, 0.05) is 38.3 Å². The number of rotatable bonds is 10. The van der Waals surface area contributed by atoms with Crippen molar-refractivity contribution in [3.8, 4) is 5.75 Å². The van der Waals surface area contributed by atoms with Crippen LogP contribution in [0.2, 0.25) is 10.0 Å². The standard InChI is InChI=1S/C24H28Cl2N3O6P/c25-20-4-3-5-21(24(20)26)28-13-11-27(12-14-28)10-1-2-15-34-19-8-6-18-7-9-23(30)29(22(18)16-19)17-35-36(31,32)33/h3-9,16H,1-2,10-15,17H2,(H2,31,32,33)/p-1. The summed E-state index contributed by atoms with van der Waals surface area (Å²) in [5, 5.41) is 1.88. The molecular weight excluding hydrogens is 528 g/mol. The summed E-state index contributed by atoms with van der Waals surface area (Å²) in [6.07, 6.45) is 1.83. The van der Waals surface area contributed by atoms with Crippen molar-refractivity contribution in [3.05, 3.63) is 68.9 Å². The molecule has 0 spiro atoms. The van der Waals surface area contributed by atoms with Crippen molar-refractivity contribution in [2.75, 3.05) is 44.2 Å². The van der Waals surface area contributed by atoms with Gasteiger partial charge in [-0.15, -0.1) is 0 Å². The van der Waals surface area contributed by atoms with E-state index in [0.29, 0.717) is 33.3 Å². The van der Waals surface area contributed by atoms with Gasteiger partial charge < -0.3 is 19.4 Å². The first-order chi connectivity index (χ1) is 17.2. The van der Waals surface area contributed by atoms with E-state index in [1.807, 2.05) is 12.1 Å². The van der Waals surface area contributed by atoms with Gasteiger partial charge in [-0.25, -0.2) is 0 Å². The maximum absolute atomic E-state index is 12.2. The predicted molar refractivity (Wildman–Crippen MR) is 139 cm³/mol. The highest BCUT2D eigenvalue weighted by molar-refractivity contribution is 7.44. The van der Waals surface area contributed by atoms with Crippen LogP contribution in [0.25, 0.3) is 10.9 Å². The van der Waals surface area contributed by atoms with E-state index >= 15 is 0 Å². The molecule has 1 aliphatic heterocycles. The van der Waals surface area contributed by atoms with E-state index in [1.54, 1.807) is 30.3 Å². The van der Waals surface area contributed by atoms with E-state index in [0.717, 1.165) is 55.8 Å². The van der Waals surface area contributed by atoms with Crippen LogP contribution in [-0.2, 0) is 15.8 Å². The first-order valence-corrected chi connectivity index (χ1v) is 13.8. The zero-order valence-corrected chi connectivity index (χ0v) is 21.9. The van der Waals surface area contributed by atoms with Crippen LogP contribution in [0.5, 0.6) is 5.75 Å². The van der Waals surface area contributed by atoms with Crippen LogP contribution in [0.1, 0.15) is 12.8 Å². The van der Waals surface area contributed by atoms with E-state index in [1.165, 1.54) is 6.07 Å². The van der Waals surface area contributed by atoms with Crippen molar-refractivity contribution >= 4 is 47.6 Å². The van der Waals surface area contributed by atoms with Crippen molar-refractivity contribution in [1.82, 2.24) is 9.47 Å². The van der Waals surface area contributed by atoms with Crippen molar-refractivity contribution < 1.29 is 23.6 Å². The molecule has 0 radical (unpaired) electrons. The lowest BCUT2D eigenvalue weighted by atomic mass is 10.2. The monoisotopic (exact) mass is 554 g/mol. The zero-order valence-electron chi connectivity index (χ0n) is 19.5. The molecule has 1 fully saturated rings. The Labute approximate surface area is 219 Å². The topological polar surface area (TPSA) is 107 Å². The Morgan fingerprint density at radius 3 is 2.53 bits per heavy atom. The number of ether oxygens (including phenoxy) is 1. The molecular formula is C24H27Cl2N3O6P-. The number of hydrogen-bond acceptors (Lipinski definition) is 7. The Bertz CT molecular complexity index is 1310. The number of phosphoric ester groups is 1. The highest BCUT2D eigenvalue weighted by atomic mass is 35.5. The third-order valence-electron chi connectivity index (χ3n) is 6.10. The number of hydrogen-bond donors (Lipinski definition) is 1.